The SMILES string of the molecule is CSc1sc(C(=N)N)cc1S(=O)(=O)c1cncc(Br)c1. The van der Waals surface area contributed by atoms with E-state index in [-0.39, 0.29) is 15.6 Å². The molecule has 106 valence electrons. The topological polar surface area (TPSA) is 96.9 Å². The number of nitrogens with zero attached hydrogens (tertiary/aromatic N) is 1. The fourth-order valence-electron chi connectivity index (χ4n) is 1.49. The standard InChI is InChI=1S/C11H10BrN3O2S3/c1-18-11-9(3-8(19-11)10(13)14)20(16,17)7-2-6(12)4-15-5-7/h2-5H,1H3,(H3,13,14). The van der Waals surface area contributed by atoms with Gasteiger partial charge in [-0.25, -0.2) is 8.42 Å². The summed E-state index contributed by atoms with van der Waals surface area (Å²) in [6, 6.07) is 2.94. The van der Waals surface area contributed by atoms with Crippen molar-refractivity contribution in [2.24, 2.45) is 5.73 Å². The molecule has 0 bridgehead atoms. The summed E-state index contributed by atoms with van der Waals surface area (Å²) in [6.45, 7) is 0. The number of thiophene rings is 1. The van der Waals surface area contributed by atoms with Crippen LogP contribution < -0.4 is 5.73 Å². The van der Waals surface area contributed by atoms with Gasteiger partial charge in [-0.1, -0.05) is 0 Å². The summed E-state index contributed by atoms with van der Waals surface area (Å²) in [5.41, 5.74) is 5.43. The van der Waals surface area contributed by atoms with Gasteiger partial charge in [0.25, 0.3) is 0 Å². The highest BCUT2D eigenvalue weighted by Gasteiger charge is 2.25. The number of hydrogen-bond donors (Lipinski definition) is 2. The summed E-state index contributed by atoms with van der Waals surface area (Å²) in [7, 11) is -3.67. The van der Waals surface area contributed by atoms with Crippen molar-refractivity contribution in [2.75, 3.05) is 6.26 Å². The highest BCUT2D eigenvalue weighted by atomic mass is 79.9. The molecule has 2 rings (SSSR count). The van der Waals surface area contributed by atoms with Crippen LogP contribution in [0.4, 0.5) is 0 Å². The minimum absolute atomic E-state index is 0.107. The third-order valence-electron chi connectivity index (χ3n) is 2.40. The van der Waals surface area contributed by atoms with E-state index in [1.807, 2.05) is 0 Å². The number of amidine groups is 1. The number of pyridine rings is 1. The van der Waals surface area contributed by atoms with Gasteiger partial charge in [-0.05, 0) is 34.3 Å². The van der Waals surface area contributed by atoms with Gasteiger partial charge in [0.15, 0.2) is 0 Å². The molecule has 0 amide bonds. The average molecular weight is 392 g/mol. The fourth-order valence-corrected chi connectivity index (χ4v) is 5.85. The first-order chi connectivity index (χ1) is 9.36. The summed E-state index contributed by atoms with van der Waals surface area (Å²) in [4.78, 5) is 4.59. The number of hydrogen-bond acceptors (Lipinski definition) is 6. The first kappa shape index (κ1) is 15.5. The van der Waals surface area contributed by atoms with Gasteiger partial charge < -0.3 is 5.73 Å². The molecule has 20 heavy (non-hydrogen) atoms. The van der Waals surface area contributed by atoms with Crippen molar-refractivity contribution in [3.05, 3.63) is 33.9 Å². The van der Waals surface area contributed by atoms with Crippen LogP contribution in [0.2, 0.25) is 0 Å². The van der Waals surface area contributed by atoms with Crippen LogP contribution >= 0.6 is 39.0 Å². The maximum Gasteiger partial charge on any atom is 0.210 e. The van der Waals surface area contributed by atoms with E-state index in [0.29, 0.717) is 13.6 Å². The van der Waals surface area contributed by atoms with E-state index >= 15 is 0 Å². The van der Waals surface area contributed by atoms with Gasteiger partial charge in [-0.2, -0.15) is 0 Å². The molecule has 0 atom stereocenters. The van der Waals surface area contributed by atoms with Crippen LogP contribution in [-0.4, -0.2) is 25.5 Å². The predicted molar refractivity (Wildman–Crippen MR) is 84.5 cm³/mol. The lowest BCUT2D eigenvalue weighted by Crippen LogP contribution is -2.08. The number of nitrogens with one attached hydrogen (secondary N) is 1. The van der Waals surface area contributed by atoms with Gasteiger partial charge in [-0.15, -0.1) is 23.1 Å². The predicted octanol–water partition coefficient (Wildman–Crippen LogP) is 2.74. The molecule has 0 spiro atoms. The van der Waals surface area contributed by atoms with E-state index in [4.69, 9.17) is 11.1 Å². The Hall–Kier alpha value is -0.900. The molecular weight excluding hydrogens is 382 g/mol. The molecule has 5 nitrogen and oxygen atoms in total. The molecule has 2 heterocycles. The zero-order valence-electron chi connectivity index (χ0n) is 10.3. The fraction of sp³-hybridized carbons (Fsp3) is 0.0909. The van der Waals surface area contributed by atoms with Crippen molar-refractivity contribution in [1.29, 1.82) is 5.41 Å². The van der Waals surface area contributed by atoms with Crippen LogP contribution in [0.1, 0.15) is 4.88 Å². The van der Waals surface area contributed by atoms with E-state index in [0.717, 1.165) is 0 Å². The molecule has 3 N–H and O–H groups in total. The molecular formula is C11H10BrN3O2S3. The Labute approximate surface area is 133 Å². The molecule has 0 aliphatic rings. The number of nitrogens with two attached hydrogens (primary N) is 1. The molecule has 2 aromatic heterocycles. The van der Waals surface area contributed by atoms with Crippen LogP contribution in [0.15, 0.2) is 43.0 Å². The van der Waals surface area contributed by atoms with Crippen LogP contribution in [-0.2, 0) is 9.84 Å². The number of thioether (sulfide) groups is 1. The van der Waals surface area contributed by atoms with Crippen molar-refractivity contribution in [3.63, 3.8) is 0 Å². The first-order valence-electron chi connectivity index (χ1n) is 5.24. The summed E-state index contributed by atoms with van der Waals surface area (Å²) >= 11 is 5.72. The Balaban J connectivity index is 2.63. The second-order valence-corrected chi connectivity index (χ2v) is 8.68. The summed E-state index contributed by atoms with van der Waals surface area (Å²) < 4.78 is 26.4. The van der Waals surface area contributed by atoms with Gasteiger partial charge in [0, 0.05) is 16.9 Å². The Morgan fingerprint density at radius 2 is 2.15 bits per heavy atom. The van der Waals surface area contributed by atoms with Crippen molar-refractivity contribution < 1.29 is 8.42 Å². The molecule has 9 heteroatoms. The highest BCUT2D eigenvalue weighted by molar-refractivity contribution is 9.10. The molecule has 0 saturated carbocycles. The number of sulfone groups is 1. The van der Waals surface area contributed by atoms with Gasteiger partial charge >= 0.3 is 0 Å². The van der Waals surface area contributed by atoms with Crippen LogP contribution in [0.25, 0.3) is 0 Å². The van der Waals surface area contributed by atoms with Crippen molar-refractivity contribution in [1.82, 2.24) is 4.98 Å². The number of halogens is 1. The summed E-state index contributed by atoms with van der Waals surface area (Å²) in [5, 5.41) is 7.43. The Kier molecular flexibility index (Phi) is 4.52. The highest BCUT2D eigenvalue weighted by Crippen LogP contribution is 2.36. The lowest BCUT2D eigenvalue weighted by molar-refractivity contribution is 0.594. The largest absolute Gasteiger partial charge is 0.383 e. The quantitative estimate of drug-likeness (QED) is 0.474. The number of aromatic nitrogens is 1. The first-order valence-corrected chi connectivity index (χ1v) is 9.56. The Morgan fingerprint density at radius 3 is 2.70 bits per heavy atom. The minimum atomic E-state index is -3.67. The molecule has 0 unspecified atom stereocenters. The Morgan fingerprint density at radius 1 is 1.45 bits per heavy atom. The van der Waals surface area contributed by atoms with E-state index in [2.05, 4.69) is 20.9 Å². The van der Waals surface area contributed by atoms with E-state index in [1.165, 1.54) is 47.6 Å². The molecule has 0 fully saturated rings. The monoisotopic (exact) mass is 391 g/mol. The van der Waals surface area contributed by atoms with E-state index < -0.39 is 9.84 Å². The second kappa shape index (κ2) is 5.84. The molecule has 0 aliphatic heterocycles. The van der Waals surface area contributed by atoms with E-state index in [1.54, 1.807) is 6.26 Å². The third-order valence-corrected chi connectivity index (χ3v) is 7.14. The van der Waals surface area contributed by atoms with Gasteiger partial charge in [-0.3, -0.25) is 10.4 Å². The lowest BCUT2D eigenvalue weighted by Gasteiger charge is -2.04. The maximum absolute atomic E-state index is 12.6. The van der Waals surface area contributed by atoms with Crippen LogP contribution in [0, 0.1) is 5.41 Å². The van der Waals surface area contributed by atoms with Crippen molar-refractivity contribution in [3.8, 4) is 0 Å². The van der Waals surface area contributed by atoms with E-state index in [9.17, 15) is 8.42 Å². The van der Waals surface area contributed by atoms with Crippen molar-refractivity contribution in [2.45, 2.75) is 14.0 Å². The normalized spacial score (nSPS) is 11.5. The zero-order chi connectivity index (χ0) is 14.9. The lowest BCUT2D eigenvalue weighted by atomic mass is 10.4. The zero-order valence-corrected chi connectivity index (χ0v) is 14.3. The smallest absolute Gasteiger partial charge is 0.210 e. The van der Waals surface area contributed by atoms with Gasteiger partial charge in [0.1, 0.15) is 5.84 Å². The number of rotatable bonds is 4. The molecule has 0 saturated heterocycles. The summed E-state index contributed by atoms with van der Waals surface area (Å²) in [6.07, 6.45) is 4.60. The minimum Gasteiger partial charge on any atom is -0.383 e. The van der Waals surface area contributed by atoms with Crippen LogP contribution in [0.5, 0.6) is 0 Å². The van der Waals surface area contributed by atoms with Crippen LogP contribution in [0.3, 0.4) is 0 Å². The Bertz CT molecular complexity index is 771. The molecule has 2 aromatic rings. The summed E-state index contributed by atoms with van der Waals surface area (Å²) in [5.74, 6) is -0.140. The second-order valence-electron chi connectivity index (χ2n) is 3.72. The molecule has 0 aromatic carbocycles. The molecule has 0 radical (unpaired) electrons. The molecule has 0 aliphatic carbocycles. The van der Waals surface area contributed by atoms with Crippen molar-refractivity contribution >= 4 is 54.7 Å². The third kappa shape index (κ3) is 2.90. The van der Waals surface area contributed by atoms with Gasteiger partial charge in [0.2, 0.25) is 9.84 Å². The van der Waals surface area contributed by atoms with Gasteiger partial charge in [0.05, 0.1) is 18.9 Å². The average Bonchev–Trinajstić information content (AvgIpc) is 2.83. The maximum atomic E-state index is 12.6. The number of nitrogen functional groups attached to an aromatic ring is 1.